The van der Waals surface area contributed by atoms with Gasteiger partial charge in [-0.1, -0.05) is 13.3 Å². The van der Waals surface area contributed by atoms with Crippen LogP contribution in [0, 0.1) is 5.82 Å². The number of aromatic nitrogens is 1. The predicted molar refractivity (Wildman–Crippen MR) is 99.8 cm³/mol. The molecule has 0 spiro atoms. The van der Waals surface area contributed by atoms with E-state index in [1.807, 2.05) is 4.90 Å². The zero-order valence-electron chi connectivity index (χ0n) is 15.2. The van der Waals surface area contributed by atoms with Gasteiger partial charge in [0.2, 0.25) is 0 Å². The molecule has 1 saturated heterocycles. The Kier molecular flexibility index (Phi) is 6.21. The lowest BCUT2D eigenvalue weighted by Gasteiger charge is -2.26. The van der Waals surface area contributed by atoms with Crippen LogP contribution in [0.1, 0.15) is 49.4 Å². The Morgan fingerprint density at radius 2 is 2.00 bits per heavy atom. The van der Waals surface area contributed by atoms with Gasteiger partial charge in [0.15, 0.2) is 0 Å². The second kappa shape index (κ2) is 8.79. The third kappa shape index (κ3) is 4.40. The number of hydrogen-bond donors (Lipinski definition) is 0. The van der Waals surface area contributed by atoms with E-state index in [0.29, 0.717) is 29.2 Å². The van der Waals surface area contributed by atoms with Gasteiger partial charge in [-0.05, 0) is 49.9 Å². The highest BCUT2D eigenvalue weighted by Gasteiger charge is 2.19. The van der Waals surface area contributed by atoms with E-state index in [-0.39, 0.29) is 11.7 Å². The quantitative estimate of drug-likeness (QED) is 0.705. The summed E-state index contributed by atoms with van der Waals surface area (Å²) in [5.41, 5.74) is 1.94. The predicted octanol–water partition coefficient (Wildman–Crippen LogP) is 4.69. The Bertz CT molecular complexity index is 757. The summed E-state index contributed by atoms with van der Waals surface area (Å²) in [6.45, 7) is 4.21. The van der Waals surface area contributed by atoms with Gasteiger partial charge < -0.3 is 9.64 Å². The number of carbonyl (C=O) groups excluding carboxylic acids is 1. The van der Waals surface area contributed by atoms with Crippen LogP contribution in [0.25, 0.3) is 11.3 Å². The molecule has 0 atom stereocenters. The normalized spacial score (nSPS) is 14.3. The van der Waals surface area contributed by atoms with Gasteiger partial charge in [0, 0.05) is 36.5 Å². The molecule has 0 radical (unpaired) electrons. The van der Waals surface area contributed by atoms with Crippen molar-refractivity contribution in [2.75, 3.05) is 19.7 Å². The van der Waals surface area contributed by atoms with Crippen LogP contribution in [0.3, 0.4) is 0 Å². The van der Waals surface area contributed by atoms with Crippen LogP contribution in [0.2, 0.25) is 0 Å². The van der Waals surface area contributed by atoms with E-state index in [2.05, 4.69) is 11.9 Å². The van der Waals surface area contributed by atoms with Crippen LogP contribution < -0.4 is 4.74 Å². The lowest BCUT2D eigenvalue weighted by Crippen LogP contribution is -2.35. The molecule has 2 aromatic rings. The van der Waals surface area contributed by atoms with E-state index >= 15 is 0 Å². The second-order valence-electron chi connectivity index (χ2n) is 6.63. The highest BCUT2D eigenvalue weighted by Crippen LogP contribution is 2.30. The van der Waals surface area contributed by atoms with Gasteiger partial charge in [-0.15, -0.1) is 0 Å². The number of amides is 1. The molecule has 0 aliphatic carbocycles. The van der Waals surface area contributed by atoms with Gasteiger partial charge in [0.05, 0.1) is 12.3 Å². The summed E-state index contributed by atoms with van der Waals surface area (Å²) >= 11 is 0. The maximum atomic E-state index is 13.7. The summed E-state index contributed by atoms with van der Waals surface area (Å²) in [7, 11) is 0. The average Bonchev–Trinajstić information content (AvgIpc) is 2.68. The minimum absolute atomic E-state index is 0.0314. The molecule has 0 N–H and O–H groups in total. The fourth-order valence-corrected chi connectivity index (χ4v) is 3.14. The molecule has 1 fully saturated rings. The van der Waals surface area contributed by atoms with Crippen molar-refractivity contribution in [1.82, 2.24) is 9.88 Å². The van der Waals surface area contributed by atoms with Crippen LogP contribution in [0.15, 0.2) is 36.5 Å². The molecule has 0 saturated carbocycles. The fraction of sp³-hybridized carbons (Fsp3) is 0.429. The topological polar surface area (TPSA) is 42.4 Å². The first-order chi connectivity index (χ1) is 12.7. The number of rotatable bonds is 6. The summed E-state index contributed by atoms with van der Waals surface area (Å²) in [6, 6.07) is 7.95. The number of benzene rings is 1. The van der Waals surface area contributed by atoms with Gasteiger partial charge in [0.1, 0.15) is 11.6 Å². The number of unbranched alkanes of at least 4 members (excludes halogenated alkanes) is 1. The molecule has 138 valence electrons. The number of nitrogens with zero attached hydrogens (tertiary/aromatic N) is 2. The van der Waals surface area contributed by atoms with Crippen molar-refractivity contribution in [3.8, 4) is 17.0 Å². The summed E-state index contributed by atoms with van der Waals surface area (Å²) in [5, 5.41) is 0. The molecule has 0 unspecified atom stereocenters. The van der Waals surface area contributed by atoms with E-state index in [1.165, 1.54) is 18.6 Å². The zero-order valence-corrected chi connectivity index (χ0v) is 15.2. The van der Waals surface area contributed by atoms with Crippen LogP contribution in [0.4, 0.5) is 4.39 Å². The number of likely N-dealkylation sites (tertiary alicyclic amines) is 1. The molecule has 0 bridgehead atoms. The molecule has 1 amide bonds. The van der Waals surface area contributed by atoms with Crippen molar-refractivity contribution >= 4 is 5.91 Å². The molecule has 2 heterocycles. The Morgan fingerprint density at radius 3 is 2.77 bits per heavy atom. The number of piperidine rings is 1. The largest absolute Gasteiger partial charge is 0.493 e. The molecule has 3 rings (SSSR count). The van der Waals surface area contributed by atoms with E-state index in [9.17, 15) is 9.18 Å². The molecule has 1 aliphatic heterocycles. The zero-order chi connectivity index (χ0) is 18.4. The summed E-state index contributed by atoms with van der Waals surface area (Å²) < 4.78 is 19.4. The van der Waals surface area contributed by atoms with E-state index < -0.39 is 0 Å². The van der Waals surface area contributed by atoms with Crippen LogP contribution in [-0.2, 0) is 0 Å². The molecule has 26 heavy (non-hydrogen) atoms. The number of carbonyl (C=O) groups is 1. The molecule has 1 aliphatic rings. The number of pyridine rings is 1. The maximum absolute atomic E-state index is 13.7. The average molecular weight is 356 g/mol. The minimum atomic E-state index is -0.346. The molecule has 5 heteroatoms. The summed E-state index contributed by atoms with van der Waals surface area (Å²) in [5.74, 6) is 0.151. The first-order valence-electron chi connectivity index (χ1n) is 9.37. The van der Waals surface area contributed by atoms with Gasteiger partial charge in [0.25, 0.3) is 5.91 Å². The molecular formula is C21H25FN2O2. The van der Waals surface area contributed by atoms with Crippen molar-refractivity contribution in [2.24, 2.45) is 0 Å². The lowest BCUT2D eigenvalue weighted by atomic mass is 10.1. The van der Waals surface area contributed by atoms with Crippen molar-refractivity contribution in [1.29, 1.82) is 0 Å². The molecular weight excluding hydrogens is 331 g/mol. The lowest BCUT2D eigenvalue weighted by molar-refractivity contribution is 0.0724. The van der Waals surface area contributed by atoms with Crippen LogP contribution >= 0.6 is 0 Å². The number of ether oxygens (including phenoxy) is 1. The van der Waals surface area contributed by atoms with Gasteiger partial charge in [-0.2, -0.15) is 0 Å². The standard InChI is InChI=1S/C21H25FN2O2/c1-2-3-13-26-20-15-17(22)7-8-18(20)19-14-16(9-10-23-19)21(25)24-11-5-4-6-12-24/h7-10,14-15H,2-6,11-13H2,1H3. The van der Waals surface area contributed by atoms with Gasteiger partial charge >= 0.3 is 0 Å². The monoisotopic (exact) mass is 356 g/mol. The molecule has 1 aromatic carbocycles. The highest BCUT2D eigenvalue weighted by atomic mass is 19.1. The van der Waals surface area contributed by atoms with Crippen LogP contribution in [-0.4, -0.2) is 35.5 Å². The van der Waals surface area contributed by atoms with E-state index in [4.69, 9.17) is 4.74 Å². The number of hydrogen-bond acceptors (Lipinski definition) is 3. The SMILES string of the molecule is CCCCOc1cc(F)ccc1-c1cc(C(=O)N2CCCCC2)ccn1. The van der Waals surface area contributed by atoms with E-state index in [0.717, 1.165) is 38.8 Å². The van der Waals surface area contributed by atoms with Crippen molar-refractivity contribution < 1.29 is 13.9 Å². The maximum Gasteiger partial charge on any atom is 0.253 e. The minimum Gasteiger partial charge on any atom is -0.493 e. The highest BCUT2D eigenvalue weighted by molar-refractivity contribution is 5.95. The van der Waals surface area contributed by atoms with Crippen molar-refractivity contribution in [2.45, 2.75) is 39.0 Å². The third-order valence-electron chi connectivity index (χ3n) is 4.63. The second-order valence-corrected chi connectivity index (χ2v) is 6.63. The van der Waals surface area contributed by atoms with Crippen molar-refractivity contribution in [3.63, 3.8) is 0 Å². The number of halogens is 1. The Hall–Kier alpha value is -2.43. The van der Waals surface area contributed by atoms with Gasteiger partial charge in [-0.25, -0.2) is 4.39 Å². The van der Waals surface area contributed by atoms with Gasteiger partial charge in [-0.3, -0.25) is 9.78 Å². The summed E-state index contributed by atoms with van der Waals surface area (Å²) in [4.78, 5) is 19.0. The third-order valence-corrected chi connectivity index (χ3v) is 4.63. The Labute approximate surface area is 154 Å². The van der Waals surface area contributed by atoms with E-state index in [1.54, 1.807) is 24.4 Å². The molecule has 4 nitrogen and oxygen atoms in total. The van der Waals surface area contributed by atoms with Crippen LogP contribution in [0.5, 0.6) is 5.75 Å². The molecule has 1 aromatic heterocycles. The summed E-state index contributed by atoms with van der Waals surface area (Å²) in [6.07, 6.45) is 6.82. The fourth-order valence-electron chi connectivity index (χ4n) is 3.14. The van der Waals surface area contributed by atoms with Crippen molar-refractivity contribution in [3.05, 3.63) is 47.9 Å². The Morgan fingerprint density at radius 1 is 1.19 bits per heavy atom. The first-order valence-corrected chi connectivity index (χ1v) is 9.37. The first kappa shape index (κ1) is 18.4. The smallest absolute Gasteiger partial charge is 0.253 e. The Balaban J connectivity index is 1.86.